The first-order valence-electron chi connectivity index (χ1n) is 18.1. The first-order chi connectivity index (χ1) is 24.7. The zero-order valence-corrected chi connectivity index (χ0v) is 29.5. The summed E-state index contributed by atoms with van der Waals surface area (Å²) in [7, 11) is 0. The lowest BCUT2D eigenvalue weighted by molar-refractivity contribution is 0.332. The largest absolute Gasteiger partial charge is 0.309 e. The third-order valence-corrected chi connectivity index (χ3v) is 11.6. The van der Waals surface area contributed by atoms with E-state index in [4.69, 9.17) is 9.97 Å². The molecular weight excluding hydrogens is 619 g/mol. The number of aromatic nitrogens is 3. The lowest BCUT2D eigenvalue weighted by Gasteiger charge is -2.42. The Bertz CT molecular complexity index is 2870. The summed E-state index contributed by atoms with van der Waals surface area (Å²) in [5, 5.41) is 7.45. The van der Waals surface area contributed by atoms with E-state index in [2.05, 4.69) is 141 Å². The lowest BCUT2D eigenvalue weighted by atomic mass is 9.63. The van der Waals surface area contributed by atoms with Gasteiger partial charge in [-0.3, -0.25) is 4.98 Å². The lowest BCUT2D eigenvalue weighted by Crippen LogP contribution is -2.33. The van der Waals surface area contributed by atoms with Crippen LogP contribution in [-0.4, -0.2) is 14.5 Å². The van der Waals surface area contributed by atoms with Gasteiger partial charge in [-0.1, -0.05) is 100 Å². The van der Waals surface area contributed by atoms with Crippen LogP contribution in [-0.2, 0) is 10.8 Å². The van der Waals surface area contributed by atoms with Gasteiger partial charge in [-0.05, 0) is 128 Å². The third kappa shape index (κ3) is 4.72. The van der Waals surface area contributed by atoms with Crippen molar-refractivity contribution < 1.29 is 0 Å². The van der Waals surface area contributed by atoms with Gasteiger partial charge in [0.25, 0.3) is 0 Å². The number of fused-ring (bicyclic) bond motifs is 7. The monoisotopic (exact) mass is 657 g/mol. The van der Waals surface area contributed by atoms with Gasteiger partial charge >= 0.3 is 0 Å². The van der Waals surface area contributed by atoms with E-state index in [0.29, 0.717) is 0 Å². The van der Waals surface area contributed by atoms with E-state index in [-0.39, 0.29) is 10.8 Å². The number of hydrogen-bond donors (Lipinski definition) is 0. The fourth-order valence-electron chi connectivity index (χ4n) is 8.63. The molecule has 0 bridgehead atoms. The van der Waals surface area contributed by atoms with Gasteiger partial charge in [0.2, 0.25) is 0 Å². The molecule has 0 unspecified atom stereocenters. The number of para-hydroxylation sites is 3. The molecule has 0 spiro atoms. The standard InChI is InChI=1S/C48H39N3/c1-47(2)21-22-48(3,4)41-28-46-39(27-40(41)47)36-13-7-10-16-45(36)51(46)35-20-19-32-25-37(33-18-17-30-11-5-6-12-31(30)23-33)38(26-34(32)24-35)44-29-49-42-14-8-9-15-43(42)50-44/h5-20,23-29H,21-22H2,1-4H3. The van der Waals surface area contributed by atoms with Crippen LogP contribution in [0.4, 0.5) is 0 Å². The van der Waals surface area contributed by atoms with Gasteiger partial charge in [0.15, 0.2) is 0 Å². The van der Waals surface area contributed by atoms with Crippen molar-refractivity contribution in [2.75, 3.05) is 0 Å². The van der Waals surface area contributed by atoms with E-state index in [1.807, 2.05) is 30.5 Å². The number of rotatable bonds is 3. The molecule has 0 saturated carbocycles. The SMILES string of the molecule is CC1(C)CCC(C)(C)c2cc3c(cc21)c1ccccc1n3-c1ccc2cc(-c3ccc4ccccc4c3)c(-c3cnc4ccccc4n3)cc2c1. The van der Waals surface area contributed by atoms with Crippen LogP contribution in [0.3, 0.4) is 0 Å². The van der Waals surface area contributed by atoms with E-state index < -0.39 is 0 Å². The zero-order chi connectivity index (χ0) is 34.5. The van der Waals surface area contributed by atoms with Crippen molar-refractivity contribution >= 4 is 54.4 Å². The van der Waals surface area contributed by atoms with Gasteiger partial charge in [0.05, 0.1) is 34.0 Å². The van der Waals surface area contributed by atoms with Gasteiger partial charge in [0, 0.05) is 22.0 Å². The van der Waals surface area contributed by atoms with Crippen LogP contribution < -0.4 is 0 Å². The maximum Gasteiger partial charge on any atom is 0.0899 e. The minimum Gasteiger partial charge on any atom is -0.309 e. The van der Waals surface area contributed by atoms with Crippen molar-refractivity contribution in [2.45, 2.75) is 51.4 Å². The van der Waals surface area contributed by atoms with Crippen molar-refractivity contribution in [3.8, 4) is 28.1 Å². The summed E-state index contributed by atoms with van der Waals surface area (Å²) >= 11 is 0. The summed E-state index contributed by atoms with van der Waals surface area (Å²) in [6.45, 7) is 9.67. The van der Waals surface area contributed by atoms with Crippen molar-refractivity contribution in [1.82, 2.24) is 14.5 Å². The van der Waals surface area contributed by atoms with E-state index in [1.54, 1.807) is 0 Å². The van der Waals surface area contributed by atoms with Gasteiger partial charge in [0.1, 0.15) is 0 Å². The Labute approximate surface area is 298 Å². The molecule has 10 rings (SSSR count). The topological polar surface area (TPSA) is 30.7 Å². The molecule has 1 aliphatic rings. The minimum absolute atomic E-state index is 0.124. The third-order valence-electron chi connectivity index (χ3n) is 11.6. The molecule has 0 aliphatic heterocycles. The van der Waals surface area contributed by atoms with Crippen LogP contribution in [0, 0.1) is 0 Å². The molecule has 0 saturated heterocycles. The zero-order valence-electron chi connectivity index (χ0n) is 29.5. The predicted molar refractivity (Wildman–Crippen MR) is 215 cm³/mol. The van der Waals surface area contributed by atoms with Crippen LogP contribution >= 0.6 is 0 Å². The summed E-state index contributed by atoms with van der Waals surface area (Å²) in [4.78, 5) is 9.99. The highest BCUT2D eigenvalue weighted by atomic mass is 15.0. The molecule has 1 aliphatic carbocycles. The second-order valence-corrected chi connectivity index (χ2v) is 15.8. The maximum atomic E-state index is 5.15. The predicted octanol–water partition coefficient (Wildman–Crippen LogP) is 12.7. The van der Waals surface area contributed by atoms with Crippen LogP contribution in [0.2, 0.25) is 0 Å². The Morgan fingerprint density at radius 3 is 2.02 bits per heavy atom. The van der Waals surface area contributed by atoms with Crippen molar-refractivity contribution in [3.05, 3.63) is 151 Å². The van der Waals surface area contributed by atoms with Crippen LogP contribution in [0.1, 0.15) is 51.7 Å². The molecule has 2 aromatic heterocycles. The Hall–Kier alpha value is -5.80. The highest BCUT2D eigenvalue weighted by Crippen LogP contribution is 2.48. The van der Waals surface area contributed by atoms with Gasteiger partial charge in [-0.2, -0.15) is 0 Å². The summed E-state index contributed by atoms with van der Waals surface area (Å²) in [5.74, 6) is 0. The molecule has 2 heterocycles. The van der Waals surface area contributed by atoms with Crippen LogP contribution in [0.15, 0.2) is 140 Å². The molecule has 0 N–H and O–H groups in total. The molecule has 3 nitrogen and oxygen atoms in total. The molecule has 0 atom stereocenters. The first kappa shape index (κ1) is 30.1. The second-order valence-electron chi connectivity index (χ2n) is 15.8. The number of hydrogen-bond acceptors (Lipinski definition) is 2. The first-order valence-corrected chi connectivity index (χ1v) is 18.1. The quantitative estimate of drug-likeness (QED) is 0.189. The molecule has 0 fully saturated rings. The van der Waals surface area contributed by atoms with Crippen molar-refractivity contribution in [3.63, 3.8) is 0 Å². The molecule has 0 radical (unpaired) electrons. The Balaban J connectivity index is 1.22. The minimum atomic E-state index is 0.124. The van der Waals surface area contributed by atoms with Crippen molar-refractivity contribution in [2.24, 2.45) is 0 Å². The molecule has 51 heavy (non-hydrogen) atoms. The summed E-state index contributed by atoms with van der Waals surface area (Å²) in [6.07, 6.45) is 4.32. The van der Waals surface area contributed by atoms with Gasteiger partial charge in [-0.25, -0.2) is 4.98 Å². The summed E-state index contributed by atoms with van der Waals surface area (Å²) < 4.78 is 2.48. The highest BCUT2D eigenvalue weighted by Gasteiger charge is 2.37. The van der Waals surface area contributed by atoms with E-state index in [1.165, 1.54) is 72.9 Å². The fourth-order valence-corrected chi connectivity index (χ4v) is 8.63. The summed E-state index contributed by atoms with van der Waals surface area (Å²) in [6, 6.07) is 48.9. The average Bonchev–Trinajstić information content (AvgIpc) is 3.48. The molecule has 7 aromatic carbocycles. The molecule has 0 amide bonds. The van der Waals surface area contributed by atoms with E-state index >= 15 is 0 Å². The number of nitrogens with zero attached hydrogens (tertiary/aromatic N) is 3. The van der Waals surface area contributed by atoms with E-state index in [9.17, 15) is 0 Å². The molecule has 9 aromatic rings. The fraction of sp³-hybridized carbons (Fsp3) is 0.167. The Kier molecular flexibility index (Phi) is 6.39. The maximum absolute atomic E-state index is 5.15. The Morgan fingerprint density at radius 2 is 1.18 bits per heavy atom. The van der Waals surface area contributed by atoms with Crippen LogP contribution in [0.25, 0.3) is 82.5 Å². The van der Waals surface area contributed by atoms with E-state index in [0.717, 1.165) is 33.5 Å². The summed E-state index contributed by atoms with van der Waals surface area (Å²) in [5.41, 5.74) is 13.0. The normalized spacial score (nSPS) is 15.2. The van der Waals surface area contributed by atoms with Crippen LogP contribution in [0.5, 0.6) is 0 Å². The average molecular weight is 658 g/mol. The smallest absolute Gasteiger partial charge is 0.0899 e. The van der Waals surface area contributed by atoms with Gasteiger partial charge in [-0.15, -0.1) is 0 Å². The van der Waals surface area contributed by atoms with Gasteiger partial charge < -0.3 is 4.57 Å². The second kappa shape index (κ2) is 10.8. The highest BCUT2D eigenvalue weighted by molar-refractivity contribution is 6.10. The molecular formula is C48H39N3. The number of benzene rings is 7. The molecule has 246 valence electrons. The molecule has 3 heteroatoms. The van der Waals surface area contributed by atoms with Crippen molar-refractivity contribution in [1.29, 1.82) is 0 Å². The Morgan fingerprint density at radius 1 is 0.510 bits per heavy atom.